The Labute approximate surface area is 119 Å². The van der Waals surface area contributed by atoms with Crippen LogP contribution in [-0.4, -0.2) is 60.1 Å². The summed E-state index contributed by atoms with van der Waals surface area (Å²) in [5.74, 6) is -0.489. The van der Waals surface area contributed by atoms with Gasteiger partial charge in [0.25, 0.3) is 5.91 Å². The van der Waals surface area contributed by atoms with Crippen molar-refractivity contribution in [3.63, 3.8) is 0 Å². The van der Waals surface area contributed by atoms with E-state index in [4.69, 9.17) is 16.6 Å². The Morgan fingerprint density at radius 2 is 1.85 bits per heavy atom. The summed E-state index contributed by atoms with van der Waals surface area (Å²) in [4.78, 5) is 15.8. The molecule has 0 aliphatic carbocycles. The topological polar surface area (TPSA) is 95.8 Å². The number of nitrogen functional groups attached to an aromatic ring is 1. The quantitative estimate of drug-likeness (QED) is 0.630. The van der Waals surface area contributed by atoms with Crippen molar-refractivity contribution in [1.82, 2.24) is 9.80 Å². The molecule has 0 radical (unpaired) electrons. The van der Waals surface area contributed by atoms with Crippen molar-refractivity contribution in [2.24, 2.45) is 5.73 Å². The van der Waals surface area contributed by atoms with Crippen molar-refractivity contribution in [2.45, 2.75) is 6.54 Å². The second-order valence-corrected chi connectivity index (χ2v) is 5.13. The lowest BCUT2D eigenvalue weighted by molar-refractivity contribution is 0.100. The second-order valence-electron chi connectivity index (χ2n) is 5.13. The van der Waals surface area contributed by atoms with Crippen LogP contribution in [0.5, 0.6) is 0 Å². The van der Waals surface area contributed by atoms with Crippen LogP contribution in [0.25, 0.3) is 0 Å². The fourth-order valence-corrected chi connectivity index (χ4v) is 2.49. The predicted molar refractivity (Wildman–Crippen MR) is 78.2 cm³/mol. The maximum Gasteiger partial charge on any atom is 0.250 e. The van der Waals surface area contributed by atoms with Gasteiger partial charge in [0.05, 0.1) is 12.2 Å². The number of aliphatic hydroxyl groups excluding tert-OH is 1. The standard InChI is InChI=1S/C14H22N4O2/c15-13-2-1-11(9-12(13)14(16)20)10-18-5-3-17(4-6-18)7-8-19/h1-2,9,19H,3-8,10,15H2,(H2,16,20). The van der Waals surface area contributed by atoms with Crippen LogP contribution in [0.1, 0.15) is 15.9 Å². The maximum atomic E-state index is 11.3. The number of nitrogens with two attached hydrogens (primary N) is 2. The molecule has 6 nitrogen and oxygen atoms in total. The van der Waals surface area contributed by atoms with Gasteiger partial charge in [0.1, 0.15) is 0 Å². The maximum absolute atomic E-state index is 11.3. The first-order valence-corrected chi connectivity index (χ1v) is 6.84. The van der Waals surface area contributed by atoms with Crippen LogP contribution in [0.15, 0.2) is 18.2 Å². The third kappa shape index (κ3) is 3.69. The number of benzene rings is 1. The van der Waals surface area contributed by atoms with Gasteiger partial charge in [0, 0.05) is 45.0 Å². The molecule has 20 heavy (non-hydrogen) atoms. The van der Waals surface area contributed by atoms with Gasteiger partial charge in [-0.05, 0) is 17.7 Å². The summed E-state index contributed by atoms with van der Waals surface area (Å²) in [6, 6.07) is 5.44. The van der Waals surface area contributed by atoms with Crippen molar-refractivity contribution in [3.05, 3.63) is 29.3 Å². The SMILES string of the molecule is NC(=O)c1cc(CN2CCN(CCO)CC2)ccc1N. The van der Waals surface area contributed by atoms with Crippen LogP contribution < -0.4 is 11.5 Å². The molecule has 0 unspecified atom stereocenters. The number of amides is 1. The van der Waals surface area contributed by atoms with Crippen molar-refractivity contribution >= 4 is 11.6 Å². The van der Waals surface area contributed by atoms with E-state index in [0.717, 1.165) is 44.8 Å². The summed E-state index contributed by atoms with van der Waals surface area (Å²) in [7, 11) is 0. The molecule has 0 spiro atoms. The van der Waals surface area contributed by atoms with Gasteiger partial charge in [-0.3, -0.25) is 14.6 Å². The first kappa shape index (κ1) is 14.8. The number of rotatable bonds is 5. The molecule has 2 rings (SSSR count). The lowest BCUT2D eigenvalue weighted by Gasteiger charge is -2.34. The number of carbonyl (C=O) groups is 1. The van der Waals surface area contributed by atoms with E-state index < -0.39 is 5.91 Å². The Morgan fingerprint density at radius 1 is 1.20 bits per heavy atom. The summed E-state index contributed by atoms with van der Waals surface area (Å²) in [6.45, 7) is 5.55. The molecular weight excluding hydrogens is 256 g/mol. The van der Waals surface area contributed by atoms with Crippen molar-refractivity contribution in [1.29, 1.82) is 0 Å². The highest BCUT2D eigenvalue weighted by Gasteiger charge is 2.17. The molecule has 6 heteroatoms. The van der Waals surface area contributed by atoms with Crippen LogP contribution in [0.2, 0.25) is 0 Å². The number of anilines is 1. The fraction of sp³-hybridized carbons (Fsp3) is 0.500. The third-order valence-corrected chi connectivity index (χ3v) is 3.67. The molecule has 5 N–H and O–H groups in total. The zero-order chi connectivity index (χ0) is 14.5. The Hall–Kier alpha value is -1.63. The van der Waals surface area contributed by atoms with Crippen LogP contribution >= 0.6 is 0 Å². The average molecular weight is 278 g/mol. The highest BCUT2D eigenvalue weighted by molar-refractivity contribution is 5.98. The van der Waals surface area contributed by atoms with Crippen molar-refractivity contribution in [2.75, 3.05) is 45.1 Å². The van der Waals surface area contributed by atoms with Crippen molar-refractivity contribution in [3.8, 4) is 0 Å². The summed E-state index contributed by atoms with van der Waals surface area (Å²) in [5.41, 5.74) is 12.9. The van der Waals surface area contributed by atoms with Gasteiger partial charge < -0.3 is 16.6 Å². The van der Waals surface area contributed by atoms with E-state index in [9.17, 15) is 4.79 Å². The summed E-state index contributed by atoms with van der Waals surface area (Å²) in [6.07, 6.45) is 0. The highest BCUT2D eigenvalue weighted by Crippen LogP contribution is 2.16. The fourth-order valence-electron chi connectivity index (χ4n) is 2.49. The molecule has 1 fully saturated rings. The Balaban J connectivity index is 1.94. The highest BCUT2D eigenvalue weighted by atomic mass is 16.3. The zero-order valence-electron chi connectivity index (χ0n) is 11.6. The third-order valence-electron chi connectivity index (χ3n) is 3.67. The minimum atomic E-state index is -0.489. The molecule has 1 amide bonds. The van der Waals surface area contributed by atoms with E-state index >= 15 is 0 Å². The van der Waals surface area contributed by atoms with Crippen molar-refractivity contribution < 1.29 is 9.90 Å². The number of hydrogen-bond acceptors (Lipinski definition) is 5. The molecule has 110 valence electrons. The van der Waals surface area contributed by atoms with E-state index in [0.29, 0.717) is 11.3 Å². The molecule has 1 aliphatic rings. The normalized spacial score (nSPS) is 17.2. The molecule has 1 aromatic rings. The van der Waals surface area contributed by atoms with Gasteiger partial charge in [0.15, 0.2) is 0 Å². The van der Waals surface area contributed by atoms with Crippen LogP contribution in [0, 0.1) is 0 Å². The number of aliphatic hydroxyl groups is 1. The molecule has 0 atom stereocenters. The number of carbonyl (C=O) groups excluding carboxylic acids is 1. The Bertz CT molecular complexity index is 470. The minimum absolute atomic E-state index is 0.208. The average Bonchev–Trinajstić information content (AvgIpc) is 2.43. The van der Waals surface area contributed by atoms with Gasteiger partial charge in [-0.1, -0.05) is 6.07 Å². The molecule has 1 heterocycles. The molecule has 0 bridgehead atoms. The molecule has 1 saturated heterocycles. The first-order chi connectivity index (χ1) is 9.60. The summed E-state index contributed by atoms with van der Waals surface area (Å²) >= 11 is 0. The number of primary amides is 1. The van der Waals surface area contributed by atoms with E-state index in [1.165, 1.54) is 0 Å². The lowest BCUT2D eigenvalue weighted by atomic mass is 10.1. The Kier molecular flexibility index (Phi) is 4.94. The second kappa shape index (κ2) is 6.69. The van der Waals surface area contributed by atoms with E-state index in [2.05, 4.69) is 9.80 Å². The van der Waals surface area contributed by atoms with Gasteiger partial charge in [-0.15, -0.1) is 0 Å². The summed E-state index contributed by atoms with van der Waals surface area (Å²) in [5, 5.41) is 8.92. The monoisotopic (exact) mass is 278 g/mol. The molecule has 0 saturated carbocycles. The number of piperazine rings is 1. The van der Waals surface area contributed by atoms with Gasteiger partial charge in [-0.25, -0.2) is 0 Å². The molecule has 1 aromatic carbocycles. The largest absolute Gasteiger partial charge is 0.398 e. The molecule has 1 aliphatic heterocycles. The zero-order valence-corrected chi connectivity index (χ0v) is 11.6. The van der Waals surface area contributed by atoms with E-state index in [1.54, 1.807) is 12.1 Å². The smallest absolute Gasteiger partial charge is 0.250 e. The van der Waals surface area contributed by atoms with Gasteiger partial charge in [0.2, 0.25) is 0 Å². The molecule has 0 aromatic heterocycles. The number of nitrogens with zero attached hydrogens (tertiary/aromatic N) is 2. The summed E-state index contributed by atoms with van der Waals surface area (Å²) < 4.78 is 0. The lowest BCUT2D eigenvalue weighted by Crippen LogP contribution is -2.46. The van der Waals surface area contributed by atoms with Gasteiger partial charge >= 0.3 is 0 Å². The van der Waals surface area contributed by atoms with E-state index in [-0.39, 0.29) is 6.61 Å². The van der Waals surface area contributed by atoms with Crippen LogP contribution in [-0.2, 0) is 6.54 Å². The Morgan fingerprint density at radius 3 is 2.45 bits per heavy atom. The van der Waals surface area contributed by atoms with E-state index in [1.807, 2.05) is 6.07 Å². The van der Waals surface area contributed by atoms with Crippen LogP contribution in [0.4, 0.5) is 5.69 Å². The first-order valence-electron chi connectivity index (χ1n) is 6.84. The number of hydrogen-bond donors (Lipinski definition) is 3. The molecular formula is C14H22N4O2. The van der Waals surface area contributed by atoms with Gasteiger partial charge in [-0.2, -0.15) is 0 Å². The minimum Gasteiger partial charge on any atom is -0.398 e. The number of β-amino-alcohol motifs (C(OH)–C–C–N with tert-alkyl or cyclic N) is 1. The predicted octanol–water partition coefficient (Wildman–Crippen LogP) is -0.522. The van der Waals surface area contributed by atoms with Crippen LogP contribution in [0.3, 0.4) is 0 Å².